The van der Waals surface area contributed by atoms with Gasteiger partial charge in [0.25, 0.3) is 0 Å². The molecule has 2 aromatic rings. The van der Waals surface area contributed by atoms with Crippen LogP contribution in [0.4, 0.5) is 19.0 Å². The molecule has 1 aliphatic rings. The molecule has 26 heavy (non-hydrogen) atoms. The van der Waals surface area contributed by atoms with Crippen LogP contribution in [0.2, 0.25) is 0 Å². The third kappa shape index (κ3) is 4.31. The highest BCUT2D eigenvalue weighted by molar-refractivity contribution is 5.37. The second-order valence-electron chi connectivity index (χ2n) is 5.93. The number of nitrogens with one attached hydrogen (secondary N) is 1. The fraction of sp³-hybridized carbons (Fsp3) is 0.438. The summed E-state index contributed by atoms with van der Waals surface area (Å²) in [6, 6.07) is 2.21. The molecule has 1 fully saturated rings. The van der Waals surface area contributed by atoms with E-state index in [9.17, 15) is 18.0 Å². The molecule has 1 saturated heterocycles. The predicted molar refractivity (Wildman–Crippen MR) is 85.9 cm³/mol. The third-order valence-electron chi connectivity index (χ3n) is 4.03. The summed E-state index contributed by atoms with van der Waals surface area (Å²) in [5.74, 6) is 0.770. The van der Waals surface area contributed by atoms with Crippen molar-refractivity contribution in [3.63, 3.8) is 0 Å². The fourth-order valence-electron chi connectivity index (χ4n) is 2.79. The van der Waals surface area contributed by atoms with Crippen LogP contribution in [-0.2, 0) is 12.7 Å². The van der Waals surface area contributed by atoms with Crippen molar-refractivity contribution in [1.82, 2.24) is 14.9 Å². The second kappa shape index (κ2) is 7.32. The molecule has 1 unspecified atom stereocenters. The van der Waals surface area contributed by atoms with Gasteiger partial charge in [-0.05, 0) is 6.42 Å². The van der Waals surface area contributed by atoms with Crippen molar-refractivity contribution in [3.05, 3.63) is 46.4 Å². The van der Waals surface area contributed by atoms with E-state index in [0.29, 0.717) is 25.4 Å². The Morgan fingerprint density at radius 1 is 1.38 bits per heavy atom. The molecule has 0 saturated carbocycles. The summed E-state index contributed by atoms with van der Waals surface area (Å²) >= 11 is 0. The summed E-state index contributed by atoms with van der Waals surface area (Å²) in [6.45, 7) is 1.72. The van der Waals surface area contributed by atoms with Gasteiger partial charge in [-0.15, -0.1) is 0 Å². The molecule has 0 bridgehead atoms. The lowest BCUT2D eigenvalue weighted by molar-refractivity contribution is -0.141. The third-order valence-corrected chi connectivity index (χ3v) is 4.03. The van der Waals surface area contributed by atoms with Gasteiger partial charge in [0.15, 0.2) is 0 Å². The zero-order chi connectivity index (χ0) is 18.7. The first-order chi connectivity index (χ1) is 12.3. The van der Waals surface area contributed by atoms with Crippen LogP contribution in [0.1, 0.15) is 17.9 Å². The van der Waals surface area contributed by atoms with Crippen molar-refractivity contribution in [2.24, 2.45) is 0 Å². The number of likely N-dealkylation sites (tertiary alicyclic amines) is 1. The molecule has 3 heterocycles. The number of alkyl halides is 3. The molecule has 0 aromatic carbocycles. The monoisotopic (exact) mass is 370 g/mol. The van der Waals surface area contributed by atoms with Crippen LogP contribution in [0.5, 0.6) is 5.75 Å². The van der Waals surface area contributed by atoms with Gasteiger partial charge in [-0.3, -0.25) is 9.69 Å². The summed E-state index contributed by atoms with van der Waals surface area (Å²) in [4.78, 5) is 20.9. The lowest BCUT2D eigenvalue weighted by atomic mass is 10.2. The van der Waals surface area contributed by atoms with Crippen molar-refractivity contribution in [1.29, 1.82) is 0 Å². The molecule has 7 nitrogen and oxygen atoms in total. The lowest BCUT2D eigenvalue weighted by Crippen LogP contribution is -2.26. The normalized spacial score (nSPS) is 18.1. The van der Waals surface area contributed by atoms with Gasteiger partial charge in [0, 0.05) is 31.3 Å². The van der Waals surface area contributed by atoms with E-state index < -0.39 is 11.9 Å². The van der Waals surface area contributed by atoms with Gasteiger partial charge in [-0.2, -0.15) is 13.2 Å². The molecule has 0 radical (unpaired) electrons. The summed E-state index contributed by atoms with van der Waals surface area (Å²) < 4.78 is 48.3. The molecule has 1 aliphatic heterocycles. The standard InChI is InChI=1S/C16H17F3N4O3/c1-25-13-8-26-11(4-12(13)24)7-23-3-2-10(6-23)22-15-5-14(16(17,18)19)20-9-21-15/h4-5,8-10H,2-3,6-7H2,1H3,(H,20,21,22). The molecule has 1 atom stereocenters. The summed E-state index contributed by atoms with van der Waals surface area (Å²) in [5, 5.41) is 2.99. The first-order valence-electron chi connectivity index (χ1n) is 7.89. The van der Waals surface area contributed by atoms with Crippen LogP contribution in [0.25, 0.3) is 0 Å². The number of halogens is 3. The number of hydrogen-bond donors (Lipinski definition) is 1. The number of anilines is 1. The topological polar surface area (TPSA) is 80.5 Å². The van der Waals surface area contributed by atoms with Gasteiger partial charge in [0.1, 0.15) is 29.9 Å². The lowest BCUT2D eigenvalue weighted by Gasteiger charge is -2.17. The van der Waals surface area contributed by atoms with Crippen molar-refractivity contribution in [3.8, 4) is 5.75 Å². The van der Waals surface area contributed by atoms with Gasteiger partial charge in [-0.25, -0.2) is 9.97 Å². The average Bonchev–Trinajstić information content (AvgIpc) is 3.01. The molecular weight excluding hydrogens is 353 g/mol. The Morgan fingerprint density at radius 3 is 2.88 bits per heavy atom. The molecule has 10 heteroatoms. The molecule has 2 aromatic heterocycles. The van der Waals surface area contributed by atoms with E-state index in [4.69, 9.17) is 9.15 Å². The number of ether oxygens (including phenoxy) is 1. The number of hydrogen-bond acceptors (Lipinski definition) is 7. The molecule has 140 valence electrons. The second-order valence-corrected chi connectivity index (χ2v) is 5.93. The van der Waals surface area contributed by atoms with Crippen molar-refractivity contribution in [2.75, 3.05) is 25.5 Å². The largest absolute Gasteiger partial charge is 0.490 e. The molecule has 3 rings (SSSR count). The number of aromatic nitrogens is 2. The Hall–Kier alpha value is -2.62. The highest BCUT2D eigenvalue weighted by atomic mass is 19.4. The van der Waals surface area contributed by atoms with Gasteiger partial charge in [-0.1, -0.05) is 0 Å². The van der Waals surface area contributed by atoms with Crippen molar-refractivity contribution >= 4 is 5.82 Å². The maximum Gasteiger partial charge on any atom is 0.433 e. The Kier molecular flexibility index (Phi) is 5.12. The van der Waals surface area contributed by atoms with Crippen LogP contribution in [0.3, 0.4) is 0 Å². The number of methoxy groups -OCH3 is 1. The van der Waals surface area contributed by atoms with E-state index in [-0.39, 0.29) is 23.0 Å². The number of nitrogens with zero attached hydrogens (tertiary/aromatic N) is 3. The fourth-order valence-corrected chi connectivity index (χ4v) is 2.79. The van der Waals surface area contributed by atoms with Crippen LogP contribution in [-0.4, -0.2) is 41.1 Å². The van der Waals surface area contributed by atoms with Gasteiger partial charge >= 0.3 is 6.18 Å². The predicted octanol–water partition coefficient (Wildman–Crippen LogP) is 2.14. The number of rotatable bonds is 5. The average molecular weight is 370 g/mol. The summed E-state index contributed by atoms with van der Waals surface area (Å²) in [7, 11) is 1.39. The van der Waals surface area contributed by atoms with Crippen LogP contribution in [0, 0.1) is 0 Å². The van der Waals surface area contributed by atoms with E-state index in [1.165, 1.54) is 19.4 Å². The van der Waals surface area contributed by atoms with Crippen molar-refractivity contribution < 1.29 is 22.3 Å². The Labute approximate surface area is 146 Å². The van der Waals surface area contributed by atoms with E-state index in [0.717, 1.165) is 18.8 Å². The SMILES string of the molecule is COc1coc(CN2CCC(Nc3cc(C(F)(F)F)ncn3)C2)cc1=O. The molecule has 0 amide bonds. The van der Waals surface area contributed by atoms with E-state index in [1.54, 1.807) is 0 Å². The minimum atomic E-state index is -4.51. The Bertz CT molecular complexity index is 825. The van der Waals surface area contributed by atoms with Gasteiger partial charge in [0.2, 0.25) is 11.2 Å². The van der Waals surface area contributed by atoms with Crippen LogP contribution >= 0.6 is 0 Å². The first-order valence-corrected chi connectivity index (χ1v) is 7.89. The Morgan fingerprint density at radius 2 is 2.19 bits per heavy atom. The summed E-state index contributed by atoms with van der Waals surface area (Å²) in [5.41, 5.74) is -1.24. The van der Waals surface area contributed by atoms with Crippen LogP contribution < -0.4 is 15.5 Å². The minimum Gasteiger partial charge on any atom is -0.490 e. The van der Waals surface area contributed by atoms with Gasteiger partial charge < -0.3 is 14.5 Å². The first kappa shape index (κ1) is 18.2. The summed E-state index contributed by atoms with van der Waals surface area (Å²) in [6.07, 6.45) is -1.62. The zero-order valence-electron chi connectivity index (χ0n) is 13.9. The van der Waals surface area contributed by atoms with Crippen molar-refractivity contribution in [2.45, 2.75) is 25.2 Å². The maximum absolute atomic E-state index is 12.7. The molecule has 1 N–H and O–H groups in total. The van der Waals surface area contributed by atoms with Crippen LogP contribution in [0.15, 0.2) is 33.9 Å². The quantitative estimate of drug-likeness (QED) is 0.864. The highest BCUT2D eigenvalue weighted by Gasteiger charge is 2.33. The van der Waals surface area contributed by atoms with E-state index in [2.05, 4.69) is 15.3 Å². The molecule has 0 spiro atoms. The maximum atomic E-state index is 12.7. The molecular formula is C16H17F3N4O3. The molecule has 0 aliphatic carbocycles. The Balaban J connectivity index is 1.59. The smallest absolute Gasteiger partial charge is 0.433 e. The van der Waals surface area contributed by atoms with E-state index >= 15 is 0 Å². The van der Waals surface area contributed by atoms with E-state index in [1.807, 2.05) is 4.90 Å². The minimum absolute atomic E-state index is 0.0593. The van der Waals surface area contributed by atoms with Gasteiger partial charge in [0.05, 0.1) is 13.7 Å². The highest BCUT2D eigenvalue weighted by Crippen LogP contribution is 2.28. The zero-order valence-corrected chi connectivity index (χ0v) is 13.9.